The van der Waals surface area contributed by atoms with Crippen molar-refractivity contribution in [3.8, 4) is 11.5 Å². The zero-order valence-electron chi connectivity index (χ0n) is 19.9. The first-order valence-corrected chi connectivity index (χ1v) is 13.8. The number of benzene rings is 2. The lowest BCUT2D eigenvalue weighted by molar-refractivity contribution is -0.138. The Kier molecular flexibility index (Phi) is 7.02. The molecule has 2 fully saturated rings. The third-order valence-electron chi connectivity index (χ3n) is 6.71. The summed E-state index contributed by atoms with van der Waals surface area (Å²) in [6, 6.07) is 13.1. The molecule has 2 amide bonds. The van der Waals surface area contributed by atoms with Gasteiger partial charge in [0.15, 0.2) is 0 Å². The normalized spacial score (nSPS) is 17.0. The van der Waals surface area contributed by atoms with Crippen LogP contribution in [-0.4, -0.2) is 58.8 Å². The number of aromatic nitrogens is 2. The van der Waals surface area contributed by atoms with Crippen LogP contribution in [0.2, 0.25) is 5.02 Å². The molecule has 2 heterocycles. The predicted molar refractivity (Wildman–Crippen MR) is 135 cm³/mol. The summed E-state index contributed by atoms with van der Waals surface area (Å²) in [6.45, 7) is 0.547. The van der Waals surface area contributed by atoms with Crippen LogP contribution >= 0.6 is 11.6 Å². The van der Waals surface area contributed by atoms with Gasteiger partial charge in [-0.25, -0.2) is 8.42 Å². The van der Waals surface area contributed by atoms with Crippen molar-refractivity contribution in [2.45, 2.75) is 43.2 Å². The Morgan fingerprint density at radius 1 is 1.03 bits per heavy atom. The molecule has 2 aromatic carbocycles. The molecule has 2 N–H and O–H groups in total. The first-order chi connectivity index (χ1) is 17.7. The van der Waals surface area contributed by atoms with Gasteiger partial charge in [-0.2, -0.15) is 4.31 Å². The third kappa shape index (κ3) is 5.39. The molecule has 12 heteroatoms. The Morgan fingerprint density at radius 2 is 1.70 bits per heavy atom. The van der Waals surface area contributed by atoms with Gasteiger partial charge in [0.1, 0.15) is 0 Å². The molecule has 0 radical (unpaired) electrons. The number of primary amides is 1. The monoisotopic (exact) mass is 543 g/mol. The Bertz CT molecular complexity index is 1410. The molecular weight excluding hydrogens is 518 g/mol. The van der Waals surface area contributed by atoms with Gasteiger partial charge in [0.2, 0.25) is 33.6 Å². The first-order valence-electron chi connectivity index (χ1n) is 12.0. The number of sulfonamides is 1. The number of amides is 2. The van der Waals surface area contributed by atoms with E-state index in [1.807, 2.05) is 0 Å². The highest BCUT2D eigenvalue weighted by Gasteiger charge is 2.40. The maximum absolute atomic E-state index is 13.5. The molecule has 1 aliphatic heterocycles. The van der Waals surface area contributed by atoms with Gasteiger partial charge in [0, 0.05) is 35.6 Å². The highest BCUT2D eigenvalue weighted by atomic mass is 35.5. The van der Waals surface area contributed by atoms with Crippen molar-refractivity contribution in [1.82, 2.24) is 19.4 Å². The van der Waals surface area contributed by atoms with Crippen LogP contribution in [0.25, 0.3) is 11.5 Å². The molecule has 3 aromatic rings. The average Bonchev–Trinajstić information content (AvgIpc) is 3.64. The molecule has 5 rings (SSSR count). The largest absolute Gasteiger partial charge is 0.419 e. The van der Waals surface area contributed by atoms with Crippen LogP contribution in [0.5, 0.6) is 0 Å². The molecule has 0 bridgehead atoms. The number of hydrogen-bond donors (Lipinski definition) is 1. The number of hydrogen-bond acceptors (Lipinski definition) is 7. The van der Waals surface area contributed by atoms with Crippen LogP contribution in [0.1, 0.15) is 41.9 Å². The number of carbonyl (C=O) groups excluding carboxylic acids is 2. The van der Waals surface area contributed by atoms with E-state index in [9.17, 15) is 18.0 Å². The fourth-order valence-electron chi connectivity index (χ4n) is 4.56. The molecule has 0 spiro atoms. The van der Waals surface area contributed by atoms with Crippen molar-refractivity contribution >= 4 is 33.4 Å². The van der Waals surface area contributed by atoms with E-state index in [1.54, 1.807) is 41.3 Å². The van der Waals surface area contributed by atoms with E-state index in [0.717, 1.165) is 18.4 Å². The van der Waals surface area contributed by atoms with Crippen LogP contribution in [0.3, 0.4) is 0 Å². The van der Waals surface area contributed by atoms with Gasteiger partial charge in [0.25, 0.3) is 0 Å². The van der Waals surface area contributed by atoms with Crippen molar-refractivity contribution < 1.29 is 22.4 Å². The van der Waals surface area contributed by atoms with Crippen molar-refractivity contribution in [3.63, 3.8) is 0 Å². The van der Waals surface area contributed by atoms with E-state index >= 15 is 0 Å². The van der Waals surface area contributed by atoms with Crippen molar-refractivity contribution in [3.05, 3.63) is 65.0 Å². The minimum Gasteiger partial charge on any atom is -0.419 e. The van der Waals surface area contributed by atoms with E-state index in [2.05, 4.69) is 10.2 Å². The second kappa shape index (κ2) is 10.2. The van der Waals surface area contributed by atoms with Crippen molar-refractivity contribution in [2.24, 2.45) is 11.7 Å². The SMILES string of the molecule is NC(=O)c1ccccc1S(=O)(=O)N1CCC(C(=O)N(Cc2nnc(-c3ccc(Cl)cc3)o2)C2CC2)CC1. The number of nitrogens with zero attached hydrogens (tertiary/aromatic N) is 4. The van der Waals surface area contributed by atoms with Crippen LogP contribution in [0, 0.1) is 5.92 Å². The fourth-order valence-corrected chi connectivity index (χ4v) is 6.35. The smallest absolute Gasteiger partial charge is 0.250 e. The van der Waals surface area contributed by atoms with E-state index in [-0.39, 0.29) is 48.0 Å². The molecule has 194 valence electrons. The number of halogens is 1. The van der Waals surface area contributed by atoms with E-state index in [4.69, 9.17) is 21.8 Å². The van der Waals surface area contributed by atoms with Crippen LogP contribution in [0.4, 0.5) is 0 Å². The zero-order chi connectivity index (χ0) is 26.2. The molecule has 37 heavy (non-hydrogen) atoms. The summed E-state index contributed by atoms with van der Waals surface area (Å²) in [5, 5.41) is 8.83. The summed E-state index contributed by atoms with van der Waals surface area (Å²) in [6.07, 6.45) is 2.56. The maximum atomic E-state index is 13.5. The number of nitrogens with two attached hydrogens (primary N) is 1. The zero-order valence-corrected chi connectivity index (χ0v) is 21.5. The Hall–Kier alpha value is -3.28. The van der Waals surface area contributed by atoms with Gasteiger partial charge in [-0.05, 0) is 62.1 Å². The third-order valence-corrected chi connectivity index (χ3v) is 8.92. The molecule has 0 unspecified atom stereocenters. The van der Waals surface area contributed by atoms with Crippen molar-refractivity contribution in [1.29, 1.82) is 0 Å². The first kappa shape index (κ1) is 25.4. The van der Waals surface area contributed by atoms with Gasteiger partial charge in [0.05, 0.1) is 17.0 Å². The number of rotatable bonds is 8. The topological polar surface area (TPSA) is 140 Å². The minimum absolute atomic E-state index is 0.0386. The molecule has 2 aliphatic rings. The molecule has 1 aromatic heterocycles. The van der Waals surface area contributed by atoms with Gasteiger partial charge in [-0.3, -0.25) is 9.59 Å². The Labute approximate surface area is 219 Å². The van der Waals surface area contributed by atoms with E-state index in [0.29, 0.717) is 29.6 Å². The number of carbonyl (C=O) groups is 2. The minimum atomic E-state index is -3.92. The number of piperidine rings is 1. The highest BCUT2D eigenvalue weighted by Crippen LogP contribution is 2.33. The maximum Gasteiger partial charge on any atom is 0.250 e. The van der Waals surface area contributed by atoms with Crippen LogP contribution in [-0.2, 0) is 21.4 Å². The summed E-state index contributed by atoms with van der Waals surface area (Å²) in [7, 11) is -3.92. The summed E-state index contributed by atoms with van der Waals surface area (Å²) in [5.41, 5.74) is 6.07. The lowest BCUT2D eigenvalue weighted by Gasteiger charge is -2.33. The summed E-state index contributed by atoms with van der Waals surface area (Å²) >= 11 is 5.94. The van der Waals surface area contributed by atoms with Gasteiger partial charge in [-0.1, -0.05) is 23.7 Å². The van der Waals surface area contributed by atoms with Gasteiger partial charge < -0.3 is 15.1 Å². The van der Waals surface area contributed by atoms with Gasteiger partial charge in [-0.15, -0.1) is 10.2 Å². The standard InChI is InChI=1S/C25H26ClN5O5S/c26-18-7-5-16(6-8-18)24-29-28-22(36-24)15-31(19-9-10-19)25(33)17-11-13-30(14-12-17)37(34,35)21-4-2-1-3-20(21)23(27)32/h1-8,17,19H,9-15H2,(H2,27,32). The molecule has 10 nitrogen and oxygen atoms in total. The summed E-state index contributed by atoms with van der Waals surface area (Å²) in [5.74, 6) is -0.470. The lowest BCUT2D eigenvalue weighted by atomic mass is 9.96. The second-order valence-corrected chi connectivity index (χ2v) is 11.6. The Balaban J connectivity index is 1.25. The molecular formula is C25H26ClN5O5S. The van der Waals surface area contributed by atoms with Crippen LogP contribution in [0.15, 0.2) is 57.8 Å². The lowest BCUT2D eigenvalue weighted by Crippen LogP contribution is -2.45. The molecule has 1 saturated carbocycles. The Morgan fingerprint density at radius 3 is 2.35 bits per heavy atom. The molecule has 0 atom stereocenters. The van der Waals surface area contributed by atoms with Crippen molar-refractivity contribution in [2.75, 3.05) is 13.1 Å². The quantitative estimate of drug-likeness (QED) is 0.460. The average molecular weight is 544 g/mol. The van der Waals surface area contributed by atoms with Gasteiger partial charge >= 0.3 is 0 Å². The molecule has 1 aliphatic carbocycles. The fraction of sp³-hybridized carbons (Fsp3) is 0.360. The predicted octanol–water partition coefficient (Wildman–Crippen LogP) is 3.08. The van der Waals surface area contributed by atoms with E-state index < -0.39 is 15.9 Å². The second-order valence-electron chi connectivity index (χ2n) is 9.24. The summed E-state index contributed by atoms with van der Waals surface area (Å²) < 4.78 is 33.5. The highest BCUT2D eigenvalue weighted by molar-refractivity contribution is 7.89. The molecule has 1 saturated heterocycles. The van der Waals surface area contributed by atoms with Crippen LogP contribution < -0.4 is 5.73 Å². The van der Waals surface area contributed by atoms with E-state index in [1.165, 1.54) is 16.4 Å². The summed E-state index contributed by atoms with van der Waals surface area (Å²) in [4.78, 5) is 26.9.